The minimum atomic E-state index is -0.750. The van der Waals surface area contributed by atoms with Gasteiger partial charge in [-0.2, -0.15) is 0 Å². The van der Waals surface area contributed by atoms with Crippen molar-refractivity contribution in [3.8, 4) is 0 Å². The normalized spacial score (nSPS) is 17.1. The minimum absolute atomic E-state index is 0.282. The van der Waals surface area contributed by atoms with Gasteiger partial charge in [0, 0.05) is 18.3 Å². The monoisotopic (exact) mass is 408 g/mol. The van der Waals surface area contributed by atoms with Crippen LogP contribution in [0.25, 0.3) is 0 Å². The molecular formula is C18H18Cl2N4O3. The molecule has 142 valence electrons. The van der Waals surface area contributed by atoms with Crippen molar-refractivity contribution in [3.05, 3.63) is 56.9 Å². The van der Waals surface area contributed by atoms with Gasteiger partial charge in [-0.25, -0.2) is 4.79 Å². The Morgan fingerprint density at radius 2 is 2.11 bits per heavy atom. The third-order valence-corrected chi connectivity index (χ3v) is 5.15. The molecule has 1 aliphatic rings. The summed E-state index contributed by atoms with van der Waals surface area (Å²) in [6.45, 7) is 5.68. The van der Waals surface area contributed by atoms with Gasteiger partial charge >= 0.3 is 6.03 Å². The number of carbonyl (C=O) groups excluding carboxylic acids is 2. The van der Waals surface area contributed by atoms with E-state index in [2.05, 4.69) is 15.8 Å². The molecule has 2 N–H and O–H groups in total. The maximum absolute atomic E-state index is 13.0. The van der Waals surface area contributed by atoms with E-state index in [1.54, 1.807) is 38.1 Å². The van der Waals surface area contributed by atoms with Crippen molar-refractivity contribution in [1.82, 2.24) is 15.4 Å². The van der Waals surface area contributed by atoms with Gasteiger partial charge in [-0.15, -0.1) is 0 Å². The van der Waals surface area contributed by atoms with E-state index >= 15 is 0 Å². The fourth-order valence-electron chi connectivity index (χ4n) is 3.04. The maximum atomic E-state index is 13.0. The Hall–Kier alpha value is -2.51. The number of aromatic nitrogens is 1. The van der Waals surface area contributed by atoms with Gasteiger partial charge in [0.2, 0.25) is 0 Å². The Morgan fingerprint density at radius 1 is 1.37 bits per heavy atom. The summed E-state index contributed by atoms with van der Waals surface area (Å²) < 4.78 is 4.99. The van der Waals surface area contributed by atoms with Crippen LogP contribution in [0.2, 0.25) is 10.0 Å². The first-order valence-corrected chi connectivity index (χ1v) is 9.06. The van der Waals surface area contributed by atoms with Gasteiger partial charge in [-0.05, 0) is 32.4 Å². The van der Waals surface area contributed by atoms with Crippen molar-refractivity contribution in [2.75, 3.05) is 11.9 Å². The summed E-state index contributed by atoms with van der Waals surface area (Å²) in [6, 6.07) is 5.62. The van der Waals surface area contributed by atoms with Crippen LogP contribution in [0.5, 0.6) is 0 Å². The Labute approximate surface area is 166 Å². The zero-order valence-electron chi connectivity index (χ0n) is 15.0. The molecule has 0 spiro atoms. The smallest absolute Gasteiger partial charge is 0.322 e. The lowest BCUT2D eigenvalue weighted by molar-refractivity contribution is -0.113. The predicted molar refractivity (Wildman–Crippen MR) is 103 cm³/mol. The number of anilines is 1. The molecule has 9 heteroatoms. The highest BCUT2D eigenvalue weighted by molar-refractivity contribution is 6.42. The van der Waals surface area contributed by atoms with E-state index in [0.29, 0.717) is 34.2 Å². The molecule has 0 radical (unpaired) electrons. The molecule has 0 bridgehead atoms. The van der Waals surface area contributed by atoms with Gasteiger partial charge in [-0.3, -0.25) is 9.69 Å². The van der Waals surface area contributed by atoms with Crippen molar-refractivity contribution < 1.29 is 14.1 Å². The number of carbonyl (C=O) groups is 2. The van der Waals surface area contributed by atoms with Crippen molar-refractivity contribution in [2.24, 2.45) is 0 Å². The highest BCUT2D eigenvalue weighted by Crippen LogP contribution is 2.37. The number of benzene rings is 1. The molecule has 7 nitrogen and oxygen atoms in total. The van der Waals surface area contributed by atoms with E-state index in [0.717, 1.165) is 0 Å². The van der Waals surface area contributed by atoms with E-state index in [1.165, 1.54) is 4.90 Å². The summed E-state index contributed by atoms with van der Waals surface area (Å²) in [4.78, 5) is 27.0. The summed E-state index contributed by atoms with van der Waals surface area (Å²) in [5, 5.41) is 9.94. The van der Waals surface area contributed by atoms with Gasteiger partial charge in [-0.1, -0.05) is 40.5 Å². The van der Waals surface area contributed by atoms with Gasteiger partial charge in [0.1, 0.15) is 5.76 Å². The van der Waals surface area contributed by atoms with Crippen LogP contribution in [0.4, 0.5) is 10.6 Å². The lowest BCUT2D eigenvalue weighted by atomic mass is 9.94. The molecule has 1 atom stereocenters. The first-order valence-electron chi connectivity index (χ1n) is 8.30. The number of nitrogens with zero attached hydrogens (tertiary/aromatic N) is 2. The topological polar surface area (TPSA) is 87.5 Å². The largest absolute Gasteiger partial charge is 0.360 e. The lowest BCUT2D eigenvalue weighted by Crippen LogP contribution is -2.48. The SMILES string of the molecule is CCN1C(=O)N[C@H](c2cccc(Cl)c2Cl)C(C(=O)Nc2cc(C)on2)=C1C. The second-order valence-electron chi connectivity index (χ2n) is 6.05. The molecule has 1 aliphatic heterocycles. The molecule has 0 aliphatic carbocycles. The molecule has 27 heavy (non-hydrogen) atoms. The molecule has 0 saturated heterocycles. The van der Waals surface area contributed by atoms with Crippen LogP contribution in [0.1, 0.15) is 31.2 Å². The van der Waals surface area contributed by atoms with Crippen molar-refractivity contribution in [2.45, 2.75) is 26.8 Å². The molecule has 2 heterocycles. The highest BCUT2D eigenvalue weighted by atomic mass is 35.5. The second kappa shape index (κ2) is 7.62. The number of urea groups is 1. The maximum Gasteiger partial charge on any atom is 0.322 e. The van der Waals surface area contributed by atoms with Crippen LogP contribution in [-0.2, 0) is 4.79 Å². The molecule has 0 saturated carbocycles. The van der Waals surface area contributed by atoms with Gasteiger partial charge in [0.05, 0.1) is 21.7 Å². The fraction of sp³-hybridized carbons (Fsp3) is 0.278. The summed E-state index contributed by atoms with van der Waals surface area (Å²) in [7, 11) is 0. The first kappa shape index (κ1) is 19.3. The minimum Gasteiger partial charge on any atom is -0.360 e. The fourth-order valence-corrected chi connectivity index (χ4v) is 3.46. The van der Waals surface area contributed by atoms with Crippen LogP contribution in [0.15, 0.2) is 40.1 Å². The van der Waals surface area contributed by atoms with Crippen LogP contribution in [-0.4, -0.2) is 28.5 Å². The van der Waals surface area contributed by atoms with Gasteiger partial charge < -0.3 is 15.2 Å². The van der Waals surface area contributed by atoms with Crippen molar-refractivity contribution >= 4 is 41.0 Å². The van der Waals surface area contributed by atoms with E-state index in [1.807, 2.05) is 6.92 Å². The summed E-state index contributed by atoms with van der Waals surface area (Å²) in [6.07, 6.45) is 0. The number of hydrogen-bond donors (Lipinski definition) is 2. The molecule has 0 fully saturated rings. The molecule has 0 unspecified atom stereocenters. The van der Waals surface area contributed by atoms with E-state index in [-0.39, 0.29) is 16.9 Å². The van der Waals surface area contributed by atoms with Gasteiger partial charge in [0.15, 0.2) is 5.82 Å². The number of rotatable bonds is 4. The quantitative estimate of drug-likeness (QED) is 0.789. The Bertz CT molecular complexity index is 938. The average Bonchev–Trinajstić information content (AvgIpc) is 3.01. The highest BCUT2D eigenvalue weighted by Gasteiger charge is 2.36. The molecule has 1 aromatic carbocycles. The number of nitrogens with one attached hydrogen (secondary N) is 2. The molecular weight excluding hydrogens is 391 g/mol. The van der Waals surface area contributed by atoms with E-state index < -0.39 is 11.9 Å². The zero-order valence-corrected chi connectivity index (χ0v) is 16.5. The van der Waals surface area contributed by atoms with Crippen molar-refractivity contribution in [3.63, 3.8) is 0 Å². The third-order valence-electron chi connectivity index (χ3n) is 4.32. The average molecular weight is 409 g/mol. The number of hydrogen-bond acceptors (Lipinski definition) is 4. The van der Waals surface area contributed by atoms with Crippen LogP contribution >= 0.6 is 23.2 Å². The van der Waals surface area contributed by atoms with Gasteiger partial charge in [0.25, 0.3) is 5.91 Å². The second-order valence-corrected chi connectivity index (χ2v) is 6.83. The van der Waals surface area contributed by atoms with E-state index in [4.69, 9.17) is 27.7 Å². The van der Waals surface area contributed by atoms with E-state index in [9.17, 15) is 9.59 Å². The number of allylic oxidation sites excluding steroid dienone is 1. The predicted octanol–water partition coefficient (Wildman–Crippen LogP) is 4.29. The summed E-state index contributed by atoms with van der Waals surface area (Å²) in [5.41, 5.74) is 1.41. The molecule has 1 aromatic heterocycles. The zero-order chi connectivity index (χ0) is 19.7. The van der Waals surface area contributed by atoms with Crippen LogP contribution in [0, 0.1) is 6.92 Å². The number of halogens is 2. The summed E-state index contributed by atoms with van der Waals surface area (Å²) in [5.74, 6) is 0.437. The number of aryl methyl sites for hydroxylation is 1. The Kier molecular flexibility index (Phi) is 5.43. The van der Waals surface area contributed by atoms with Crippen molar-refractivity contribution in [1.29, 1.82) is 0 Å². The number of amides is 3. The lowest BCUT2D eigenvalue weighted by Gasteiger charge is -2.35. The third kappa shape index (κ3) is 3.65. The Balaban J connectivity index is 2.07. The standard InChI is InChI=1S/C18H18Cl2N4O3/c1-4-24-10(3)14(17(25)21-13-8-9(2)27-23-13)16(22-18(24)26)11-6-5-7-12(19)15(11)20/h5-8,16H,4H2,1-3H3,(H,22,26)(H,21,23,25)/t16-/m1/s1. The van der Waals surface area contributed by atoms with Crippen LogP contribution in [0.3, 0.4) is 0 Å². The molecule has 3 amide bonds. The molecule has 2 aromatic rings. The molecule has 3 rings (SSSR count). The van der Waals surface area contributed by atoms with Crippen LogP contribution < -0.4 is 10.6 Å². The first-order chi connectivity index (χ1) is 12.8. The summed E-state index contributed by atoms with van der Waals surface area (Å²) >= 11 is 12.5. The Morgan fingerprint density at radius 3 is 2.74 bits per heavy atom.